The molecule has 0 atom stereocenters. The highest BCUT2D eigenvalue weighted by Gasteiger charge is 2.13. The molecule has 0 unspecified atom stereocenters. The Labute approximate surface area is 160 Å². The van der Waals surface area contributed by atoms with Crippen molar-refractivity contribution < 1.29 is 9.53 Å². The van der Waals surface area contributed by atoms with Gasteiger partial charge in [-0.2, -0.15) is 0 Å². The number of nitrogens with one attached hydrogen (secondary N) is 1. The van der Waals surface area contributed by atoms with Crippen LogP contribution in [0.3, 0.4) is 0 Å². The summed E-state index contributed by atoms with van der Waals surface area (Å²) in [5.41, 5.74) is 1.29. The number of carbonyl (C=O) groups excluding carboxylic acids is 1. The summed E-state index contributed by atoms with van der Waals surface area (Å²) in [7, 11) is 0. The molecule has 3 aromatic rings. The number of amides is 1. The van der Waals surface area contributed by atoms with E-state index in [1.807, 2.05) is 18.2 Å². The predicted molar refractivity (Wildman–Crippen MR) is 103 cm³/mol. The topological polar surface area (TPSA) is 51.2 Å². The van der Waals surface area contributed by atoms with E-state index in [9.17, 15) is 4.79 Å². The van der Waals surface area contributed by atoms with Crippen molar-refractivity contribution in [1.29, 1.82) is 0 Å². The van der Waals surface area contributed by atoms with Crippen molar-refractivity contribution in [2.24, 2.45) is 0 Å². The lowest BCUT2D eigenvalue weighted by Gasteiger charge is -2.12. The number of ether oxygens (including phenoxy) is 1. The van der Waals surface area contributed by atoms with Gasteiger partial charge in [-0.15, -0.1) is 0 Å². The van der Waals surface area contributed by atoms with E-state index >= 15 is 0 Å². The number of hydrogen-bond donors (Lipinski definition) is 1. The number of anilines is 1. The molecule has 3 rings (SSSR count). The fourth-order valence-electron chi connectivity index (χ4n) is 2.18. The van der Waals surface area contributed by atoms with Crippen molar-refractivity contribution in [3.63, 3.8) is 0 Å². The number of pyridine rings is 1. The molecule has 0 bridgehead atoms. The first kappa shape index (κ1) is 17.2. The van der Waals surface area contributed by atoms with E-state index in [0.717, 1.165) is 14.3 Å². The molecule has 0 aliphatic heterocycles. The smallest absolute Gasteiger partial charge is 0.262 e. The summed E-state index contributed by atoms with van der Waals surface area (Å²) in [5.74, 6) is 0.242. The molecule has 4 nitrogen and oxygen atoms in total. The second-order valence-corrected chi connectivity index (χ2v) is 7.06. The molecule has 1 amide bonds. The minimum Gasteiger partial charge on any atom is -0.480 e. The maximum absolute atomic E-state index is 12.1. The zero-order valence-corrected chi connectivity index (χ0v) is 16.2. The quantitative estimate of drug-likeness (QED) is 0.553. The average molecular weight is 471 g/mol. The molecule has 7 heteroatoms. The molecule has 24 heavy (non-hydrogen) atoms. The maximum atomic E-state index is 12.1. The van der Waals surface area contributed by atoms with E-state index in [-0.39, 0.29) is 12.5 Å². The number of halogens is 3. The van der Waals surface area contributed by atoms with E-state index in [4.69, 9.17) is 16.3 Å². The SMILES string of the molecule is O=C(COc1c(Br)cc(Br)c2cccnc12)Nc1cccc(Cl)c1. The molecule has 0 aliphatic carbocycles. The molecular formula is C17H11Br2ClN2O2. The van der Waals surface area contributed by atoms with E-state index in [0.29, 0.717) is 22.0 Å². The van der Waals surface area contributed by atoms with Gasteiger partial charge in [-0.25, -0.2) is 0 Å². The summed E-state index contributed by atoms with van der Waals surface area (Å²) in [6.07, 6.45) is 1.68. The first-order valence-corrected chi connectivity index (χ1v) is 8.92. The van der Waals surface area contributed by atoms with Crippen LogP contribution in [0.25, 0.3) is 10.9 Å². The monoisotopic (exact) mass is 468 g/mol. The zero-order chi connectivity index (χ0) is 17.1. The number of benzene rings is 2. The molecule has 1 heterocycles. The normalized spacial score (nSPS) is 10.6. The third-order valence-corrected chi connectivity index (χ3v) is 4.69. The van der Waals surface area contributed by atoms with Crippen molar-refractivity contribution in [2.75, 3.05) is 11.9 Å². The molecule has 0 aliphatic rings. The highest BCUT2D eigenvalue weighted by Crippen LogP contribution is 2.37. The largest absolute Gasteiger partial charge is 0.480 e. The minimum atomic E-state index is -0.281. The Bertz CT molecular complexity index is 918. The van der Waals surface area contributed by atoms with Crippen LogP contribution >= 0.6 is 43.5 Å². The van der Waals surface area contributed by atoms with Gasteiger partial charge in [0.2, 0.25) is 0 Å². The van der Waals surface area contributed by atoms with E-state index in [2.05, 4.69) is 42.2 Å². The lowest BCUT2D eigenvalue weighted by Crippen LogP contribution is -2.20. The van der Waals surface area contributed by atoms with Crippen LogP contribution in [0.15, 0.2) is 57.6 Å². The Morgan fingerprint density at radius 3 is 2.79 bits per heavy atom. The van der Waals surface area contributed by atoms with Crippen LogP contribution in [0.5, 0.6) is 5.75 Å². The van der Waals surface area contributed by atoms with E-state index < -0.39 is 0 Å². The van der Waals surface area contributed by atoms with Gasteiger partial charge in [-0.3, -0.25) is 9.78 Å². The highest BCUT2D eigenvalue weighted by molar-refractivity contribution is 9.11. The number of rotatable bonds is 4. The van der Waals surface area contributed by atoms with Gasteiger partial charge in [0.15, 0.2) is 12.4 Å². The summed E-state index contributed by atoms with van der Waals surface area (Å²) >= 11 is 12.8. The van der Waals surface area contributed by atoms with E-state index in [1.165, 1.54) is 0 Å². The first-order valence-electron chi connectivity index (χ1n) is 6.95. The standard InChI is InChI=1S/C17H11Br2ClN2O2/c18-13-8-14(19)17(16-12(13)5-2-6-21-16)24-9-15(23)22-11-4-1-3-10(20)7-11/h1-8H,9H2,(H,22,23). The number of fused-ring (bicyclic) bond motifs is 1. The summed E-state index contributed by atoms with van der Waals surface area (Å²) in [4.78, 5) is 16.4. The second-order valence-electron chi connectivity index (χ2n) is 4.92. The molecular weight excluding hydrogens is 459 g/mol. The molecule has 122 valence electrons. The summed E-state index contributed by atoms with van der Waals surface area (Å²) in [5, 5.41) is 4.20. The molecule has 0 saturated heterocycles. The van der Waals surface area contributed by atoms with Crippen LogP contribution in [0.1, 0.15) is 0 Å². The van der Waals surface area contributed by atoms with Crippen LogP contribution in [0.2, 0.25) is 5.02 Å². The summed E-state index contributed by atoms with van der Waals surface area (Å²) in [6, 6.07) is 12.6. The first-order chi connectivity index (χ1) is 11.5. The van der Waals surface area contributed by atoms with Crippen LogP contribution in [0, 0.1) is 0 Å². The van der Waals surface area contributed by atoms with Crippen molar-refractivity contribution in [1.82, 2.24) is 4.98 Å². The molecule has 2 aromatic carbocycles. The predicted octanol–water partition coefficient (Wildman–Crippen LogP) is 5.43. The van der Waals surface area contributed by atoms with Crippen molar-refractivity contribution in [3.05, 3.63) is 62.6 Å². The molecule has 1 N–H and O–H groups in total. The number of nitrogens with zero attached hydrogens (tertiary/aromatic N) is 1. The Hall–Kier alpha value is -1.63. The maximum Gasteiger partial charge on any atom is 0.262 e. The van der Waals surface area contributed by atoms with Gasteiger partial charge in [0.05, 0.1) is 4.47 Å². The molecule has 0 radical (unpaired) electrons. The Kier molecular flexibility index (Phi) is 5.38. The van der Waals surface area contributed by atoms with Gasteiger partial charge in [-0.05, 0) is 46.3 Å². The fourth-order valence-corrected chi connectivity index (χ4v) is 3.76. The Morgan fingerprint density at radius 2 is 2.00 bits per heavy atom. The zero-order valence-electron chi connectivity index (χ0n) is 12.2. The molecule has 1 aromatic heterocycles. The third kappa shape index (κ3) is 3.88. The minimum absolute atomic E-state index is 0.140. The number of carbonyl (C=O) groups is 1. The van der Waals surface area contributed by atoms with E-state index in [1.54, 1.807) is 30.5 Å². The third-order valence-electron chi connectivity index (χ3n) is 3.21. The molecule has 0 saturated carbocycles. The Balaban J connectivity index is 1.77. The molecule has 0 fully saturated rings. The number of hydrogen-bond acceptors (Lipinski definition) is 3. The summed E-state index contributed by atoms with van der Waals surface area (Å²) in [6.45, 7) is -0.140. The van der Waals surface area contributed by atoms with Crippen molar-refractivity contribution in [3.8, 4) is 5.75 Å². The van der Waals surface area contributed by atoms with Crippen LogP contribution in [-0.2, 0) is 4.79 Å². The average Bonchev–Trinajstić information content (AvgIpc) is 2.54. The van der Waals surface area contributed by atoms with Gasteiger partial charge in [0, 0.05) is 26.8 Å². The summed E-state index contributed by atoms with van der Waals surface area (Å²) < 4.78 is 7.31. The lowest BCUT2D eigenvalue weighted by molar-refractivity contribution is -0.118. The van der Waals surface area contributed by atoms with Crippen LogP contribution < -0.4 is 10.1 Å². The van der Waals surface area contributed by atoms with Crippen LogP contribution in [-0.4, -0.2) is 17.5 Å². The van der Waals surface area contributed by atoms with Gasteiger partial charge in [0.1, 0.15) is 5.52 Å². The van der Waals surface area contributed by atoms with Gasteiger partial charge >= 0.3 is 0 Å². The van der Waals surface area contributed by atoms with Gasteiger partial charge < -0.3 is 10.1 Å². The number of aromatic nitrogens is 1. The van der Waals surface area contributed by atoms with Crippen molar-refractivity contribution >= 4 is 66.0 Å². The second kappa shape index (κ2) is 7.51. The lowest BCUT2D eigenvalue weighted by atomic mass is 10.2. The fraction of sp³-hybridized carbons (Fsp3) is 0.0588. The molecule has 0 spiro atoms. The van der Waals surface area contributed by atoms with Crippen LogP contribution in [0.4, 0.5) is 5.69 Å². The van der Waals surface area contributed by atoms with Crippen molar-refractivity contribution in [2.45, 2.75) is 0 Å². The van der Waals surface area contributed by atoms with Gasteiger partial charge in [-0.1, -0.05) is 39.7 Å². The van der Waals surface area contributed by atoms with Gasteiger partial charge in [0.25, 0.3) is 5.91 Å². The Morgan fingerprint density at radius 1 is 1.17 bits per heavy atom. The highest BCUT2D eigenvalue weighted by atomic mass is 79.9.